The third-order valence-electron chi connectivity index (χ3n) is 3.07. The first-order valence-electron chi connectivity index (χ1n) is 6.17. The number of hydrogen-bond acceptors (Lipinski definition) is 2. The third kappa shape index (κ3) is 5.53. The number of hydrogen-bond donors (Lipinski definition) is 1. The van der Waals surface area contributed by atoms with Crippen molar-refractivity contribution in [2.75, 3.05) is 13.6 Å². The van der Waals surface area contributed by atoms with Crippen molar-refractivity contribution in [2.45, 2.75) is 32.9 Å². The van der Waals surface area contributed by atoms with Gasteiger partial charge in [0, 0.05) is 17.6 Å². The second kappa shape index (κ2) is 7.00. The number of rotatable bonds is 6. The monoisotopic (exact) mass is 254 g/mol. The van der Waals surface area contributed by atoms with E-state index in [1.165, 1.54) is 5.56 Å². The Bertz CT molecular complexity index is 321. The highest BCUT2D eigenvalue weighted by Crippen LogP contribution is 2.11. The zero-order valence-electron chi connectivity index (χ0n) is 11.0. The highest BCUT2D eigenvalue weighted by Gasteiger charge is 2.08. The van der Waals surface area contributed by atoms with Crippen LogP contribution < -0.4 is 5.73 Å². The van der Waals surface area contributed by atoms with E-state index in [4.69, 9.17) is 17.3 Å². The predicted octanol–water partition coefficient (Wildman–Crippen LogP) is 3.15. The molecule has 1 rings (SSSR count). The average molecular weight is 255 g/mol. The summed E-state index contributed by atoms with van der Waals surface area (Å²) in [6, 6.07) is 8.31. The van der Waals surface area contributed by atoms with Crippen LogP contribution in [0.4, 0.5) is 0 Å². The average Bonchev–Trinajstić information content (AvgIpc) is 2.29. The van der Waals surface area contributed by atoms with Crippen molar-refractivity contribution in [3.8, 4) is 0 Å². The van der Waals surface area contributed by atoms with E-state index in [1.807, 2.05) is 12.1 Å². The lowest BCUT2D eigenvalue weighted by Crippen LogP contribution is -2.31. The lowest BCUT2D eigenvalue weighted by Gasteiger charge is -2.21. The quantitative estimate of drug-likeness (QED) is 0.845. The maximum atomic E-state index is 6.03. The molecule has 1 atom stereocenters. The van der Waals surface area contributed by atoms with Gasteiger partial charge in [0.1, 0.15) is 0 Å². The molecule has 0 bridgehead atoms. The first-order chi connectivity index (χ1) is 7.99. The van der Waals surface area contributed by atoms with Crippen LogP contribution in [0, 0.1) is 5.92 Å². The van der Waals surface area contributed by atoms with Gasteiger partial charge in [0.15, 0.2) is 0 Å². The Morgan fingerprint density at radius 1 is 1.24 bits per heavy atom. The van der Waals surface area contributed by atoms with Gasteiger partial charge in [-0.2, -0.15) is 0 Å². The van der Waals surface area contributed by atoms with Gasteiger partial charge in [-0.15, -0.1) is 0 Å². The van der Waals surface area contributed by atoms with Crippen molar-refractivity contribution in [3.05, 3.63) is 34.9 Å². The second-order valence-corrected chi connectivity index (χ2v) is 5.50. The smallest absolute Gasteiger partial charge is 0.0406 e. The van der Waals surface area contributed by atoms with E-state index in [0.29, 0.717) is 12.0 Å². The minimum atomic E-state index is 0.294. The summed E-state index contributed by atoms with van der Waals surface area (Å²) in [6.45, 7) is 6.32. The molecule has 0 saturated heterocycles. The van der Waals surface area contributed by atoms with E-state index in [1.54, 1.807) is 0 Å². The summed E-state index contributed by atoms with van der Waals surface area (Å²) in [5, 5.41) is 0.790. The maximum Gasteiger partial charge on any atom is 0.0406 e. The summed E-state index contributed by atoms with van der Waals surface area (Å²) in [5.41, 5.74) is 7.32. The van der Waals surface area contributed by atoms with Gasteiger partial charge in [0.05, 0.1) is 0 Å². The molecule has 0 spiro atoms. The van der Waals surface area contributed by atoms with E-state index < -0.39 is 0 Å². The zero-order chi connectivity index (χ0) is 12.8. The van der Waals surface area contributed by atoms with Gasteiger partial charge in [-0.25, -0.2) is 0 Å². The summed E-state index contributed by atoms with van der Waals surface area (Å²) < 4.78 is 0. The van der Waals surface area contributed by atoms with Gasteiger partial charge in [-0.3, -0.25) is 0 Å². The summed E-state index contributed by atoms with van der Waals surface area (Å²) >= 11 is 5.86. The molecule has 2 nitrogen and oxygen atoms in total. The van der Waals surface area contributed by atoms with Crippen LogP contribution in [0.3, 0.4) is 0 Å². The highest BCUT2D eigenvalue weighted by molar-refractivity contribution is 6.30. The number of nitrogens with zero attached hydrogens (tertiary/aromatic N) is 1. The van der Waals surface area contributed by atoms with Crippen LogP contribution in [-0.2, 0) is 6.54 Å². The van der Waals surface area contributed by atoms with Gasteiger partial charge < -0.3 is 10.6 Å². The zero-order valence-corrected chi connectivity index (χ0v) is 11.7. The molecule has 2 N–H and O–H groups in total. The van der Waals surface area contributed by atoms with Gasteiger partial charge in [0.25, 0.3) is 0 Å². The summed E-state index contributed by atoms with van der Waals surface area (Å²) in [6.07, 6.45) is 1.04. The largest absolute Gasteiger partial charge is 0.327 e. The van der Waals surface area contributed by atoms with Crippen molar-refractivity contribution < 1.29 is 0 Å². The molecule has 3 heteroatoms. The lowest BCUT2D eigenvalue weighted by atomic mass is 10.0. The van der Waals surface area contributed by atoms with Gasteiger partial charge in [0.2, 0.25) is 0 Å². The molecular weight excluding hydrogens is 232 g/mol. The molecule has 17 heavy (non-hydrogen) atoms. The fraction of sp³-hybridized carbons (Fsp3) is 0.571. The Morgan fingerprint density at radius 3 is 2.35 bits per heavy atom. The van der Waals surface area contributed by atoms with Gasteiger partial charge in [-0.1, -0.05) is 37.6 Å². The summed E-state index contributed by atoms with van der Waals surface area (Å²) in [4.78, 5) is 2.30. The molecule has 1 unspecified atom stereocenters. The number of benzene rings is 1. The molecule has 0 radical (unpaired) electrons. The Balaban J connectivity index is 2.34. The topological polar surface area (TPSA) is 29.3 Å². The molecule has 0 aliphatic rings. The molecular formula is C14H23ClN2. The summed E-state index contributed by atoms with van der Waals surface area (Å²) in [7, 11) is 2.13. The van der Waals surface area contributed by atoms with Gasteiger partial charge in [-0.05, 0) is 43.6 Å². The molecule has 0 fully saturated rings. The van der Waals surface area contributed by atoms with Crippen molar-refractivity contribution in [1.29, 1.82) is 0 Å². The second-order valence-electron chi connectivity index (χ2n) is 5.06. The fourth-order valence-electron chi connectivity index (χ4n) is 1.68. The molecule has 0 aliphatic heterocycles. The minimum Gasteiger partial charge on any atom is -0.327 e. The molecule has 1 aromatic rings. The van der Waals surface area contributed by atoms with Crippen LogP contribution in [-0.4, -0.2) is 24.5 Å². The standard InChI is InChI=1S/C14H23ClN2/c1-11(2)14(16)8-9-17(3)10-12-4-6-13(15)7-5-12/h4-7,11,14H,8-10,16H2,1-3H3. The van der Waals surface area contributed by atoms with Crippen molar-refractivity contribution in [1.82, 2.24) is 4.90 Å². The first-order valence-corrected chi connectivity index (χ1v) is 6.55. The first kappa shape index (κ1) is 14.5. The molecule has 0 aromatic heterocycles. The molecule has 0 saturated carbocycles. The maximum absolute atomic E-state index is 6.03. The molecule has 0 heterocycles. The van der Waals surface area contributed by atoms with Crippen LogP contribution in [0.5, 0.6) is 0 Å². The van der Waals surface area contributed by atoms with Crippen molar-refractivity contribution >= 4 is 11.6 Å². The Hall–Kier alpha value is -0.570. The molecule has 0 amide bonds. The van der Waals surface area contributed by atoms with E-state index >= 15 is 0 Å². The Kier molecular flexibility index (Phi) is 5.96. The normalized spacial score (nSPS) is 13.4. The SMILES string of the molecule is CC(C)C(N)CCN(C)Cc1ccc(Cl)cc1. The highest BCUT2D eigenvalue weighted by atomic mass is 35.5. The van der Waals surface area contributed by atoms with Crippen LogP contribution >= 0.6 is 11.6 Å². The summed E-state index contributed by atoms with van der Waals surface area (Å²) in [5.74, 6) is 0.555. The van der Waals surface area contributed by atoms with Gasteiger partial charge >= 0.3 is 0 Å². The van der Waals surface area contributed by atoms with Crippen molar-refractivity contribution in [2.24, 2.45) is 11.7 Å². The van der Waals surface area contributed by atoms with Crippen LogP contribution in [0.15, 0.2) is 24.3 Å². The lowest BCUT2D eigenvalue weighted by molar-refractivity contribution is 0.296. The molecule has 96 valence electrons. The van der Waals surface area contributed by atoms with Crippen LogP contribution in [0.2, 0.25) is 5.02 Å². The number of halogens is 1. The predicted molar refractivity (Wildman–Crippen MR) is 75.2 cm³/mol. The van der Waals surface area contributed by atoms with E-state index in [9.17, 15) is 0 Å². The van der Waals surface area contributed by atoms with Crippen LogP contribution in [0.1, 0.15) is 25.8 Å². The van der Waals surface area contributed by atoms with E-state index in [0.717, 1.165) is 24.5 Å². The van der Waals surface area contributed by atoms with Crippen molar-refractivity contribution in [3.63, 3.8) is 0 Å². The van der Waals surface area contributed by atoms with E-state index in [2.05, 4.69) is 37.9 Å². The third-order valence-corrected chi connectivity index (χ3v) is 3.32. The molecule has 0 aliphatic carbocycles. The Labute approximate surface area is 110 Å². The fourth-order valence-corrected chi connectivity index (χ4v) is 1.81. The van der Waals surface area contributed by atoms with Crippen LogP contribution in [0.25, 0.3) is 0 Å². The molecule has 1 aromatic carbocycles. The number of nitrogens with two attached hydrogens (primary N) is 1. The van der Waals surface area contributed by atoms with E-state index in [-0.39, 0.29) is 0 Å². The minimum absolute atomic E-state index is 0.294. The Morgan fingerprint density at radius 2 is 1.82 bits per heavy atom.